The average molecular weight is 572 g/mol. The number of carbonyl (C=O) groups is 2. The Balaban J connectivity index is 0.00000481. The number of rotatable bonds is 8. The normalized spacial score (nSPS) is 12.3. The molecule has 0 aromatic heterocycles. The van der Waals surface area contributed by atoms with Crippen LogP contribution in [0.15, 0.2) is 24.3 Å². The number of hydrogen-bond donors (Lipinski definition) is 3. The molecule has 3 rings (SSSR count). The van der Waals surface area contributed by atoms with Crippen LogP contribution >= 0.6 is 17.0 Å². The van der Waals surface area contributed by atoms with Gasteiger partial charge in [0.2, 0.25) is 0 Å². The van der Waals surface area contributed by atoms with E-state index in [1.165, 1.54) is 0 Å². The van der Waals surface area contributed by atoms with Crippen LogP contribution in [0.25, 0.3) is 0 Å². The van der Waals surface area contributed by atoms with Gasteiger partial charge in [0.1, 0.15) is 18.1 Å². The van der Waals surface area contributed by atoms with Gasteiger partial charge in [0.25, 0.3) is 5.91 Å². The molecule has 0 aliphatic carbocycles. The molecule has 10 heteroatoms. The van der Waals surface area contributed by atoms with Crippen molar-refractivity contribution in [2.75, 3.05) is 51.6 Å². The maximum atomic E-state index is 13.5. The molecule has 2 aromatic carbocycles. The summed E-state index contributed by atoms with van der Waals surface area (Å²) in [5.41, 5.74) is 4.39. The standard InChI is InChI=1S/C27H34N6O3.BrH/c1-27(2,3)20-10-16(11-21(24(20)36-7)31-9-8-28)23(34)15-33-14-17-12-22(32(5)6)19(26(35)30-4)13-18(17)25(33)29;/h10-13,29,31H,9,14-15H2,1-7H3,(H,30,35);1H. The molecule has 0 atom stereocenters. The number of halogens is 1. The molecular weight excluding hydrogens is 536 g/mol. The maximum Gasteiger partial charge on any atom is 0.253 e. The highest BCUT2D eigenvalue weighted by Gasteiger charge is 2.30. The molecule has 0 radical (unpaired) electrons. The number of carbonyl (C=O) groups excluding carboxylic acids is 2. The Labute approximate surface area is 229 Å². The quantitative estimate of drug-likeness (QED) is 0.324. The summed E-state index contributed by atoms with van der Waals surface area (Å²) >= 11 is 0. The van der Waals surface area contributed by atoms with E-state index < -0.39 is 0 Å². The molecule has 198 valence electrons. The van der Waals surface area contributed by atoms with Crippen LogP contribution in [0, 0.1) is 16.7 Å². The molecule has 0 spiro atoms. The van der Waals surface area contributed by atoms with Crippen molar-refractivity contribution >= 4 is 45.9 Å². The number of benzene rings is 2. The minimum Gasteiger partial charge on any atom is -0.494 e. The van der Waals surface area contributed by atoms with Crippen LogP contribution in [-0.4, -0.2) is 63.8 Å². The van der Waals surface area contributed by atoms with Gasteiger partial charge in [-0.1, -0.05) is 20.8 Å². The fourth-order valence-corrected chi connectivity index (χ4v) is 4.36. The average Bonchev–Trinajstić information content (AvgIpc) is 3.14. The van der Waals surface area contributed by atoms with Crippen LogP contribution in [0.4, 0.5) is 11.4 Å². The van der Waals surface area contributed by atoms with Gasteiger partial charge < -0.3 is 25.2 Å². The third kappa shape index (κ3) is 6.05. The van der Waals surface area contributed by atoms with Gasteiger partial charge in [-0.2, -0.15) is 5.26 Å². The lowest BCUT2D eigenvalue weighted by Crippen LogP contribution is -2.30. The summed E-state index contributed by atoms with van der Waals surface area (Å²) in [5.74, 6) is 0.434. The van der Waals surface area contributed by atoms with Crippen molar-refractivity contribution in [1.29, 1.82) is 10.7 Å². The molecule has 0 saturated carbocycles. The minimum absolute atomic E-state index is 0. The number of methoxy groups -OCH3 is 1. The van der Waals surface area contributed by atoms with E-state index in [1.807, 2.05) is 51.9 Å². The Kier molecular flexibility index (Phi) is 9.33. The number of hydrogen-bond acceptors (Lipinski definition) is 7. The molecule has 0 fully saturated rings. The van der Waals surface area contributed by atoms with Crippen molar-refractivity contribution in [3.8, 4) is 11.8 Å². The van der Waals surface area contributed by atoms with Crippen molar-refractivity contribution in [3.05, 3.63) is 52.1 Å². The molecule has 0 bridgehead atoms. The number of nitrogens with zero attached hydrogens (tertiary/aromatic N) is 3. The van der Waals surface area contributed by atoms with Gasteiger partial charge in [-0.25, -0.2) is 0 Å². The van der Waals surface area contributed by atoms with Crippen molar-refractivity contribution in [2.45, 2.75) is 32.7 Å². The highest BCUT2D eigenvalue weighted by atomic mass is 79.9. The third-order valence-electron chi connectivity index (χ3n) is 6.22. The first-order chi connectivity index (χ1) is 16.9. The first-order valence-corrected chi connectivity index (χ1v) is 11.7. The van der Waals surface area contributed by atoms with E-state index in [9.17, 15) is 9.59 Å². The second-order valence-corrected chi connectivity index (χ2v) is 9.99. The first-order valence-electron chi connectivity index (χ1n) is 11.7. The molecule has 1 aliphatic heterocycles. The van der Waals surface area contributed by atoms with Gasteiger partial charge in [0.15, 0.2) is 5.78 Å². The summed E-state index contributed by atoms with van der Waals surface area (Å²) in [6.07, 6.45) is 0. The zero-order chi connectivity index (χ0) is 26.8. The van der Waals surface area contributed by atoms with Gasteiger partial charge >= 0.3 is 0 Å². The number of ether oxygens (including phenoxy) is 1. The monoisotopic (exact) mass is 570 g/mol. The SMILES string of the molecule is Br.CNC(=O)c1cc2c(cc1N(C)C)CN(CC(=O)c1cc(NCC#N)c(OC)c(C(C)(C)C)c1)C2=N. The van der Waals surface area contributed by atoms with E-state index in [1.54, 1.807) is 31.2 Å². The van der Waals surface area contributed by atoms with Crippen molar-refractivity contribution in [3.63, 3.8) is 0 Å². The van der Waals surface area contributed by atoms with Crippen LogP contribution in [0.2, 0.25) is 0 Å². The van der Waals surface area contributed by atoms with Gasteiger partial charge in [-0.05, 0) is 35.2 Å². The smallest absolute Gasteiger partial charge is 0.253 e. The van der Waals surface area contributed by atoms with Gasteiger partial charge in [-0.15, -0.1) is 17.0 Å². The third-order valence-corrected chi connectivity index (χ3v) is 6.22. The van der Waals surface area contributed by atoms with E-state index in [-0.39, 0.29) is 53.0 Å². The highest BCUT2D eigenvalue weighted by molar-refractivity contribution is 8.93. The number of ketones is 1. The Morgan fingerprint density at radius 1 is 1.22 bits per heavy atom. The summed E-state index contributed by atoms with van der Waals surface area (Å²) in [6, 6.07) is 9.23. The molecule has 37 heavy (non-hydrogen) atoms. The molecular formula is C27H35BrN6O3. The largest absolute Gasteiger partial charge is 0.494 e. The number of Topliss-reactive ketones (excluding diaryl/α,β-unsaturated/α-hetero) is 1. The van der Waals surface area contributed by atoms with Crippen LogP contribution in [0.5, 0.6) is 5.75 Å². The molecule has 3 N–H and O–H groups in total. The van der Waals surface area contributed by atoms with Crippen molar-refractivity contribution in [1.82, 2.24) is 10.2 Å². The number of nitrogens with one attached hydrogen (secondary N) is 3. The fraction of sp³-hybridized carbons (Fsp3) is 0.407. The van der Waals surface area contributed by atoms with Crippen molar-refractivity contribution < 1.29 is 14.3 Å². The second kappa shape index (κ2) is 11.6. The lowest BCUT2D eigenvalue weighted by atomic mass is 9.84. The summed E-state index contributed by atoms with van der Waals surface area (Å²) in [5, 5.41) is 23.5. The molecule has 1 aliphatic rings. The van der Waals surface area contributed by atoms with Gasteiger partial charge in [-0.3, -0.25) is 15.0 Å². The van der Waals surface area contributed by atoms with Crippen LogP contribution in [0.1, 0.15) is 58.2 Å². The summed E-state index contributed by atoms with van der Waals surface area (Å²) in [7, 11) is 6.88. The van der Waals surface area contributed by atoms with Gasteiger partial charge in [0, 0.05) is 50.1 Å². The first kappa shape index (κ1) is 29.6. The lowest BCUT2D eigenvalue weighted by molar-refractivity contribution is 0.0955. The van der Waals surface area contributed by atoms with Crippen LogP contribution < -0.4 is 20.3 Å². The van der Waals surface area contributed by atoms with E-state index in [0.717, 1.165) is 16.8 Å². The predicted molar refractivity (Wildman–Crippen MR) is 152 cm³/mol. The molecule has 0 saturated heterocycles. The fourth-order valence-electron chi connectivity index (χ4n) is 4.36. The number of fused-ring (bicyclic) bond motifs is 1. The van der Waals surface area contributed by atoms with E-state index >= 15 is 0 Å². The Morgan fingerprint density at radius 2 is 1.89 bits per heavy atom. The molecule has 1 heterocycles. The highest BCUT2D eigenvalue weighted by Crippen LogP contribution is 2.38. The molecule has 2 aromatic rings. The number of amides is 1. The zero-order valence-electron chi connectivity index (χ0n) is 22.4. The molecule has 9 nitrogen and oxygen atoms in total. The predicted octanol–water partition coefficient (Wildman–Crippen LogP) is 3.96. The number of nitriles is 1. The maximum absolute atomic E-state index is 13.5. The Bertz CT molecular complexity index is 1260. The Hall–Kier alpha value is -3.58. The number of amidine groups is 1. The van der Waals surface area contributed by atoms with E-state index in [0.29, 0.717) is 34.7 Å². The molecule has 1 amide bonds. The Morgan fingerprint density at radius 3 is 2.43 bits per heavy atom. The van der Waals surface area contributed by atoms with Crippen molar-refractivity contribution in [2.24, 2.45) is 0 Å². The topological polar surface area (TPSA) is 122 Å². The lowest BCUT2D eigenvalue weighted by Gasteiger charge is -2.25. The summed E-state index contributed by atoms with van der Waals surface area (Å²) in [4.78, 5) is 29.5. The summed E-state index contributed by atoms with van der Waals surface area (Å²) in [6.45, 7) is 6.58. The van der Waals surface area contributed by atoms with E-state index in [4.69, 9.17) is 15.4 Å². The molecule has 0 unspecified atom stereocenters. The minimum atomic E-state index is -0.305. The summed E-state index contributed by atoms with van der Waals surface area (Å²) < 4.78 is 5.63. The van der Waals surface area contributed by atoms with Gasteiger partial charge in [0.05, 0.1) is 31.0 Å². The van der Waals surface area contributed by atoms with Crippen LogP contribution in [-0.2, 0) is 12.0 Å². The van der Waals surface area contributed by atoms with Crippen LogP contribution in [0.3, 0.4) is 0 Å². The zero-order valence-corrected chi connectivity index (χ0v) is 24.1. The number of anilines is 2. The second-order valence-electron chi connectivity index (χ2n) is 9.99. The van der Waals surface area contributed by atoms with E-state index in [2.05, 4.69) is 16.7 Å².